The first-order chi connectivity index (χ1) is 14.0. The molecule has 29 heavy (non-hydrogen) atoms. The number of aryl methyl sites for hydroxylation is 2. The molecule has 4 aromatic heterocycles. The Kier molecular flexibility index (Phi) is 4.52. The van der Waals surface area contributed by atoms with E-state index in [0.29, 0.717) is 11.6 Å². The average molecular weight is 385 g/mol. The van der Waals surface area contributed by atoms with Gasteiger partial charge in [-0.15, -0.1) is 0 Å². The molecule has 4 heterocycles. The highest BCUT2D eigenvalue weighted by molar-refractivity contribution is 5.77. The number of rotatable bonds is 4. The topological polar surface area (TPSA) is 131 Å². The Labute approximate surface area is 167 Å². The van der Waals surface area contributed by atoms with Crippen LogP contribution in [-0.4, -0.2) is 29.5 Å². The molecule has 0 radical (unpaired) electrons. The number of hydrogen-bond donors (Lipinski definition) is 2. The number of nitrogens with zero attached hydrogens (tertiary/aromatic N) is 7. The number of nitriles is 1. The third-order valence-electron chi connectivity index (χ3n) is 4.49. The van der Waals surface area contributed by atoms with Crippen molar-refractivity contribution < 1.29 is 0 Å². The van der Waals surface area contributed by atoms with Crippen LogP contribution in [0.2, 0.25) is 0 Å². The first-order valence-corrected chi connectivity index (χ1v) is 9.04. The van der Waals surface area contributed by atoms with E-state index in [1.54, 1.807) is 4.52 Å². The summed E-state index contributed by atoms with van der Waals surface area (Å²) >= 11 is 0. The number of pyridine rings is 1. The van der Waals surface area contributed by atoms with Crippen LogP contribution in [0.5, 0.6) is 0 Å². The molecule has 0 aromatic carbocycles. The van der Waals surface area contributed by atoms with Crippen molar-refractivity contribution >= 4 is 17.2 Å². The van der Waals surface area contributed by atoms with Crippen molar-refractivity contribution in [2.45, 2.75) is 26.8 Å². The fourth-order valence-corrected chi connectivity index (χ4v) is 3.21. The van der Waals surface area contributed by atoms with Crippen LogP contribution < -0.4 is 11.1 Å². The van der Waals surface area contributed by atoms with Crippen LogP contribution in [0.25, 0.3) is 16.8 Å². The Hall–Kier alpha value is -4.06. The summed E-state index contributed by atoms with van der Waals surface area (Å²) in [4.78, 5) is 17.3. The zero-order valence-electron chi connectivity index (χ0n) is 16.2. The predicted octanol–water partition coefficient (Wildman–Crippen LogP) is 2.83. The highest BCUT2D eigenvalue weighted by Gasteiger charge is 2.18. The van der Waals surface area contributed by atoms with E-state index >= 15 is 0 Å². The lowest BCUT2D eigenvalue weighted by Gasteiger charge is -2.16. The quantitative estimate of drug-likeness (QED) is 0.548. The van der Waals surface area contributed by atoms with Crippen molar-refractivity contribution in [2.75, 3.05) is 11.1 Å². The molecule has 0 aliphatic heterocycles. The van der Waals surface area contributed by atoms with Crippen LogP contribution >= 0.6 is 0 Å². The molecular formula is C20H19N9. The van der Waals surface area contributed by atoms with Crippen molar-refractivity contribution in [1.82, 2.24) is 29.5 Å². The van der Waals surface area contributed by atoms with Gasteiger partial charge in [0.05, 0.1) is 17.3 Å². The summed E-state index contributed by atoms with van der Waals surface area (Å²) in [5, 5.41) is 17.1. The van der Waals surface area contributed by atoms with Crippen LogP contribution in [0.3, 0.4) is 0 Å². The molecule has 0 fully saturated rings. The van der Waals surface area contributed by atoms with Gasteiger partial charge in [0, 0.05) is 23.1 Å². The van der Waals surface area contributed by atoms with E-state index in [1.807, 2.05) is 57.3 Å². The monoisotopic (exact) mass is 385 g/mol. The van der Waals surface area contributed by atoms with Crippen LogP contribution in [-0.2, 0) is 0 Å². The van der Waals surface area contributed by atoms with E-state index in [9.17, 15) is 5.26 Å². The molecule has 0 saturated heterocycles. The van der Waals surface area contributed by atoms with Crippen molar-refractivity contribution in [1.29, 1.82) is 5.26 Å². The van der Waals surface area contributed by atoms with E-state index in [2.05, 4.69) is 25.4 Å². The van der Waals surface area contributed by atoms with E-state index in [0.717, 1.165) is 28.2 Å². The lowest BCUT2D eigenvalue weighted by Crippen LogP contribution is -2.16. The maximum absolute atomic E-state index is 9.35. The number of fused-ring (bicyclic) bond motifs is 1. The van der Waals surface area contributed by atoms with Gasteiger partial charge < -0.3 is 11.1 Å². The smallest absolute Gasteiger partial charge is 0.171 e. The SMILES string of the molecule is Cc1cc(-c2nc(C(C)Nc3ncnc(N)c3C#N)nn3cccc23)cc(C)n1. The zero-order valence-corrected chi connectivity index (χ0v) is 16.2. The second-order valence-electron chi connectivity index (χ2n) is 6.76. The molecule has 0 spiro atoms. The normalized spacial score (nSPS) is 11.9. The molecule has 1 unspecified atom stereocenters. The Morgan fingerprint density at radius 1 is 1.17 bits per heavy atom. The van der Waals surface area contributed by atoms with E-state index < -0.39 is 0 Å². The van der Waals surface area contributed by atoms with E-state index in [4.69, 9.17) is 10.7 Å². The highest BCUT2D eigenvalue weighted by atomic mass is 15.3. The standard InChI is InChI=1S/C20H19N9/c1-11-7-14(8-12(2)25-11)17-16-5-4-6-29(16)28-19(27-17)13(3)26-20-15(9-21)18(22)23-10-24-20/h4-8,10,13H,1-3H3,(H3,22,23,24,26). The zero-order chi connectivity index (χ0) is 20.5. The first kappa shape index (κ1) is 18.3. The van der Waals surface area contributed by atoms with E-state index in [-0.39, 0.29) is 17.4 Å². The van der Waals surface area contributed by atoms with Gasteiger partial charge in [-0.05, 0) is 45.0 Å². The number of nitrogen functional groups attached to an aromatic ring is 1. The average Bonchev–Trinajstić information content (AvgIpc) is 3.15. The minimum absolute atomic E-state index is 0.127. The third kappa shape index (κ3) is 3.43. The number of nitrogens with two attached hydrogens (primary N) is 1. The largest absolute Gasteiger partial charge is 0.382 e. The van der Waals surface area contributed by atoms with Gasteiger partial charge >= 0.3 is 0 Å². The van der Waals surface area contributed by atoms with Gasteiger partial charge in [0.1, 0.15) is 29.6 Å². The number of hydrogen-bond acceptors (Lipinski definition) is 8. The third-order valence-corrected chi connectivity index (χ3v) is 4.49. The maximum atomic E-state index is 9.35. The summed E-state index contributed by atoms with van der Waals surface area (Å²) in [6, 6.07) is 9.61. The van der Waals surface area contributed by atoms with Gasteiger partial charge in [0.15, 0.2) is 5.82 Å². The highest BCUT2D eigenvalue weighted by Crippen LogP contribution is 2.27. The summed E-state index contributed by atoms with van der Waals surface area (Å²) < 4.78 is 1.79. The second-order valence-corrected chi connectivity index (χ2v) is 6.76. The molecule has 9 nitrogen and oxygen atoms in total. The molecule has 0 aliphatic rings. The Morgan fingerprint density at radius 2 is 1.93 bits per heavy atom. The minimum Gasteiger partial charge on any atom is -0.382 e. The molecule has 3 N–H and O–H groups in total. The van der Waals surface area contributed by atoms with Gasteiger partial charge in [0.2, 0.25) is 0 Å². The molecular weight excluding hydrogens is 366 g/mol. The molecule has 0 bridgehead atoms. The molecule has 0 amide bonds. The molecule has 1 atom stereocenters. The lowest BCUT2D eigenvalue weighted by atomic mass is 10.1. The van der Waals surface area contributed by atoms with Gasteiger partial charge in [-0.1, -0.05) is 0 Å². The van der Waals surface area contributed by atoms with Crippen LogP contribution in [0.1, 0.15) is 35.7 Å². The number of aromatic nitrogens is 6. The molecule has 4 rings (SSSR count). The number of anilines is 2. The minimum atomic E-state index is -0.328. The van der Waals surface area contributed by atoms with Crippen molar-refractivity contribution in [3.05, 3.63) is 59.6 Å². The van der Waals surface area contributed by atoms with E-state index in [1.165, 1.54) is 6.33 Å². The van der Waals surface area contributed by atoms with Gasteiger partial charge in [-0.3, -0.25) is 4.98 Å². The summed E-state index contributed by atoms with van der Waals surface area (Å²) in [6.45, 7) is 5.82. The summed E-state index contributed by atoms with van der Waals surface area (Å²) in [5.74, 6) is 1.03. The fourth-order valence-electron chi connectivity index (χ4n) is 3.21. The van der Waals surface area contributed by atoms with Gasteiger partial charge in [-0.2, -0.15) is 10.4 Å². The molecule has 9 heteroatoms. The van der Waals surface area contributed by atoms with Gasteiger partial charge in [0.25, 0.3) is 0 Å². The van der Waals surface area contributed by atoms with Crippen LogP contribution in [0.15, 0.2) is 36.8 Å². The maximum Gasteiger partial charge on any atom is 0.171 e. The van der Waals surface area contributed by atoms with Crippen molar-refractivity contribution in [3.63, 3.8) is 0 Å². The number of nitrogens with one attached hydrogen (secondary N) is 1. The summed E-state index contributed by atoms with van der Waals surface area (Å²) in [6.07, 6.45) is 3.19. The summed E-state index contributed by atoms with van der Waals surface area (Å²) in [7, 11) is 0. The van der Waals surface area contributed by atoms with Crippen molar-refractivity contribution in [3.8, 4) is 17.3 Å². The van der Waals surface area contributed by atoms with Gasteiger partial charge in [-0.25, -0.2) is 19.5 Å². The Bertz CT molecular complexity index is 1230. The molecule has 0 saturated carbocycles. The summed E-state index contributed by atoms with van der Waals surface area (Å²) in [5.41, 5.74) is 10.5. The molecule has 144 valence electrons. The molecule has 0 aliphatic carbocycles. The Balaban J connectivity index is 1.79. The van der Waals surface area contributed by atoms with Crippen molar-refractivity contribution in [2.24, 2.45) is 0 Å². The lowest BCUT2D eigenvalue weighted by molar-refractivity contribution is 0.729. The fraction of sp³-hybridized carbons (Fsp3) is 0.200. The predicted molar refractivity (Wildman–Crippen MR) is 109 cm³/mol. The Morgan fingerprint density at radius 3 is 2.66 bits per heavy atom. The first-order valence-electron chi connectivity index (χ1n) is 9.04. The second kappa shape index (κ2) is 7.16. The van der Waals surface area contributed by atoms with Crippen LogP contribution in [0, 0.1) is 25.2 Å². The molecule has 4 aromatic rings. The van der Waals surface area contributed by atoms with Crippen LogP contribution in [0.4, 0.5) is 11.6 Å².